The molecule has 3 aromatic heterocycles. The van der Waals surface area contributed by atoms with E-state index in [-0.39, 0.29) is 12.3 Å². The topological polar surface area (TPSA) is 115 Å². The molecule has 0 spiro atoms. The highest BCUT2D eigenvalue weighted by Crippen LogP contribution is 2.13. The molecular formula is C19H23N5O4S. The Kier molecular flexibility index (Phi) is 6.32. The molecule has 10 heteroatoms. The molecule has 3 aromatic rings. The Bertz CT molecular complexity index is 1080. The Hall–Kier alpha value is -3.14. The average molecular weight is 417 g/mol. The Morgan fingerprint density at radius 3 is 2.79 bits per heavy atom. The van der Waals surface area contributed by atoms with Crippen LogP contribution in [0.2, 0.25) is 0 Å². The summed E-state index contributed by atoms with van der Waals surface area (Å²) >= 11 is 0. The molecule has 29 heavy (non-hydrogen) atoms. The lowest BCUT2D eigenvalue weighted by Crippen LogP contribution is -2.31. The second kappa shape index (κ2) is 8.91. The molecule has 0 aromatic carbocycles. The first-order chi connectivity index (χ1) is 13.8. The van der Waals surface area contributed by atoms with Crippen molar-refractivity contribution in [1.29, 1.82) is 0 Å². The number of nitrogens with one attached hydrogen (secondary N) is 2. The van der Waals surface area contributed by atoms with E-state index in [1.54, 1.807) is 47.2 Å². The molecule has 0 aliphatic carbocycles. The van der Waals surface area contributed by atoms with Crippen LogP contribution >= 0.6 is 0 Å². The molecule has 0 bridgehead atoms. The fourth-order valence-corrected chi connectivity index (χ4v) is 3.43. The summed E-state index contributed by atoms with van der Waals surface area (Å²) in [5, 5.41) is 6.64. The second-order valence-corrected chi connectivity index (χ2v) is 8.72. The Morgan fingerprint density at radius 1 is 1.24 bits per heavy atom. The number of pyridine rings is 2. The largest absolute Gasteiger partial charge is 0.477 e. The van der Waals surface area contributed by atoms with Crippen LogP contribution in [-0.4, -0.2) is 47.8 Å². The number of anilines is 1. The van der Waals surface area contributed by atoms with Gasteiger partial charge in [-0.2, -0.15) is 5.10 Å². The Labute approximate surface area is 169 Å². The predicted octanol–water partition coefficient (Wildman–Crippen LogP) is 1.94. The van der Waals surface area contributed by atoms with Crippen molar-refractivity contribution in [2.24, 2.45) is 5.92 Å². The van der Waals surface area contributed by atoms with Gasteiger partial charge in [0, 0.05) is 31.2 Å². The third-order valence-corrected chi connectivity index (χ3v) is 5.18. The molecule has 154 valence electrons. The monoisotopic (exact) mass is 417 g/mol. The minimum atomic E-state index is -3.62. The molecule has 0 radical (unpaired) electrons. The van der Waals surface area contributed by atoms with Crippen LogP contribution in [0, 0.1) is 5.92 Å². The molecule has 0 atom stereocenters. The quantitative estimate of drug-likeness (QED) is 0.550. The number of amides is 1. The van der Waals surface area contributed by atoms with Crippen LogP contribution in [-0.2, 0) is 10.0 Å². The maximum absolute atomic E-state index is 12.3. The van der Waals surface area contributed by atoms with Gasteiger partial charge < -0.3 is 10.1 Å². The number of carbonyl (C=O) groups is 1. The van der Waals surface area contributed by atoms with Gasteiger partial charge in [0.2, 0.25) is 15.9 Å². The molecule has 0 saturated carbocycles. The first-order valence-electron chi connectivity index (χ1n) is 9.13. The summed E-state index contributed by atoms with van der Waals surface area (Å²) in [4.78, 5) is 16.3. The zero-order chi connectivity index (χ0) is 20.9. The van der Waals surface area contributed by atoms with Crippen LogP contribution in [0.4, 0.5) is 5.69 Å². The summed E-state index contributed by atoms with van der Waals surface area (Å²) < 4.78 is 34.1. The van der Waals surface area contributed by atoms with E-state index in [9.17, 15) is 13.2 Å². The van der Waals surface area contributed by atoms with Gasteiger partial charge in [0.15, 0.2) is 0 Å². The maximum atomic E-state index is 12.3. The fourth-order valence-electron chi connectivity index (χ4n) is 2.47. The van der Waals surface area contributed by atoms with Crippen LogP contribution in [0.1, 0.15) is 24.2 Å². The maximum Gasteiger partial charge on any atom is 0.252 e. The predicted molar refractivity (Wildman–Crippen MR) is 110 cm³/mol. The molecule has 1 amide bonds. The number of rotatable bonds is 9. The fraction of sp³-hybridized carbons (Fsp3) is 0.316. The standard InChI is InChI=1S/C19H23N5O4S/c1-14(2)13-28-18-4-3-15(12-21-18)19(25)20-8-10-29(26,27)23-16-6-9-24-17(11-16)5-7-22-24/h3-7,9,11-12,14,23H,8,10,13H2,1-2H3,(H,20,25). The summed E-state index contributed by atoms with van der Waals surface area (Å²) in [6, 6.07) is 8.27. The molecule has 3 rings (SSSR count). The van der Waals surface area contributed by atoms with Gasteiger partial charge in [0.25, 0.3) is 5.91 Å². The van der Waals surface area contributed by atoms with Crippen molar-refractivity contribution in [2.75, 3.05) is 23.6 Å². The van der Waals surface area contributed by atoms with Crippen LogP contribution in [0.15, 0.2) is 48.9 Å². The number of sulfonamides is 1. The van der Waals surface area contributed by atoms with Gasteiger partial charge in [0.1, 0.15) is 0 Å². The minimum absolute atomic E-state index is 0.0330. The van der Waals surface area contributed by atoms with Crippen LogP contribution in [0.3, 0.4) is 0 Å². The summed E-state index contributed by atoms with van der Waals surface area (Å²) in [5.74, 6) is 0.157. The van der Waals surface area contributed by atoms with Crippen molar-refractivity contribution in [3.63, 3.8) is 0 Å². The highest BCUT2D eigenvalue weighted by Gasteiger charge is 2.13. The minimum Gasteiger partial charge on any atom is -0.477 e. The number of aromatic nitrogens is 3. The summed E-state index contributed by atoms with van der Waals surface area (Å²) in [6.45, 7) is 4.56. The molecule has 0 aliphatic rings. The number of hydrogen-bond donors (Lipinski definition) is 2. The normalized spacial score (nSPS) is 11.6. The number of nitrogens with zero attached hydrogens (tertiary/aromatic N) is 3. The highest BCUT2D eigenvalue weighted by molar-refractivity contribution is 7.92. The number of carbonyl (C=O) groups excluding carboxylic acids is 1. The lowest BCUT2D eigenvalue weighted by atomic mass is 10.2. The number of fused-ring (bicyclic) bond motifs is 1. The second-order valence-electron chi connectivity index (χ2n) is 6.88. The van der Waals surface area contributed by atoms with E-state index in [4.69, 9.17) is 4.74 Å². The van der Waals surface area contributed by atoms with Gasteiger partial charge in [-0.05, 0) is 30.2 Å². The van der Waals surface area contributed by atoms with Crippen molar-refractivity contribution in [3.05, 3.63) is 54.5 Å². The van der Waals surface area contributed by atoms with E-state index < -0.39 is 15.9 Å². The zero-order valence-electron chi connectivity index (χ0n) is 16.2. The molecule has 0 unspecified atom stereocenters. The molecule has 0 fully saturated rings. The van der Waals surface area contributed by atoms with Gasteiger partial charge in [-0.1, -0.05) is 13.8 Å². The van der Waals surface area contributed by atoms with Gasteiger partial charge in [0.05, 0.1) is 29.1 Å². The third kappa shape index (κ3) is 5.92. The molecule has 2 N–H and O–H groups in total. The van der Waals surface area contributed by atoms with Crippen LogP contribution < -0.4 is 14.8 Å². The summed E-state index contributed by atoms with van der Waals surface area (Å²) in [5.41, 5.74) is 1.54. The lowest BCUT2D eigenvalue weighted by molar-refractivity contribution is 0.0955. The van der Waals surface area contributed by atoms with Gasteiger partial charge in [-0.25, -0.2) is 17.9 Å². The molecule has 0 aliphatic heterocycles. The Morgan fingerprint density at radius 2 is 2.07 bits per heavy atom. The van der Waals surface area contributed by atoms with E-state index in [1.807, 2.05) is 13.8 Å². The lowest BCUT2D eigenvalue weighted by Gasteiger charge is -2.10. The third-order valence-electron chi connectivity index (χ3n) is 3.89. The van der Waals surface area contributed by atoms with Crippen molar-refractivity contribution < 1.29 is 17.9 Å². The van der Waals surface area contributed by atoms with E-state index in [0.29, 0.717) is 29.7 Å². The van der Waals surface area contributed by atoms with Crippen molar-refractivity contribution >= 4 is 27.1 Å². The van der Waals surface area contributed by atoms with E-state index >= 15 is 0 Å². The SMILES string of the molecule is CC(C)COc1ccc(C(=O)NCCS(=O)(=O)Nc2ccn3nccc3c2)cn1. The highest BCUT2D eigenvalue weighted by atomic mass is 32.2. The van der Waals surface area contributed by atoms with Crippen LogP contribution in [0.25, 0.3) is 5.52 Å². The van der Waals surface area contributed by atoms with Gasteiger partial charge >= 0.3 is 0 Å². The van der Waals surface area contributed by atoms with Crippen LogP contribution in [0.5, 0.6) is 5.88 Å². The molecule has 0 saturated heterocycles. The molecule has 9 nitrogen and oxygen atoms in total. The summed E-state index contributed by atoms with van der Waals surface area (Å²) in [6.07, 6.45) is 4.69. The first kappa shape index (κ1) is 20.6. The van der Waals surface area contributed by atoms with Crippen molar-refractivity contribution in [2.45, 2.75) is 13.8 Å². The van der Waals surface area contributed by atoms with Gasteiger partial charge in [-0.15, -0.1) is 0 Å². The van der Waals surface area contributed by atoms with E-state index in [2.05, 4.69) is 20.1 Å². The van der Waals surface area contributed by atoms with E-state index in [0.717, 1.165) is 5.52 Å². The summed E-state index contributed by atoms with van der Waals surface area (Å²) in [7, 11) is -3.62. The van der Waals surface area contributed by atoms with E-state index in [1.165, 1.54) is 6.20 Å². The zero-order valence-corrected chi connectivity index (χ0v) is 17.0. The smallest absolute Gasteiger partial charge is 0.252 e. The molecule has 3 heterocycles. The molecular weight excluding hydrogens is 394 g/mol. The Balaban J connectivity index is 1.49. The number of ether oxygens (including phenoxy) is 1. The van der Waals surface area contributed by atoms with Gasteiger partial charge in [-0.3, -0.25) is 9.52 Å². The van der Waals surface area contributed by atoms with Crippen molar-refractivity contribution in [1.82, 2.24) is 19.9 Å². The van der Waals surface area contributed by atoms with Crippen molar-refractivity contribution in [3.8, 4) is 5.88 Å². The number of hydrogen-bond acceptors (Lipinski definition) is 6. The average Bonchev–Trinajstić information content (AvgIpc) is 3.14. The first-order valence-corrected chi connectivity index (χ1v) is 10.8.